The van der Waals surface area contributed by atoms with Crippen molar-refractivity contribution < 1.29 is 14.0 Å². The van der Waals surface area contributed by atoms with E-state index in [1.165, 1.54) is 25.7 Å². The van der Waals surface area contributed by atoms with Gasteiger partial charge in [0.1, 0.15) is 11.8 Å². The highest BCUT2D eigenvalue weighted by Gasteiger charge is 2.35. The van der Waals surface area contributed by atoms with Gasteiger partial charge in [0.05, 0.1) is 6.54 Å². The van der Waals surface area contributed by atoms with Gasteiger partial charge in [-0.05, 0) is 74.2 Å². The van der Waals surface area contributed by atoms with Crippen LogP contribution in [0.25, 0.3) is 0 Å². The molecule has 1 N–H and O–H groups in total. The van der Waals surface area contributed by atoms with Crippen molar-refractivity contribution in [2.24, 2.45) is 0 Å². The highest BCUT2D eigenvalue weighted by Crippen LogP contribution is 2.29. The van der Waals surface area contributed by atoms with E-state index in [4.69, 9.17) is 4.42 Å². The first-order valence-corrected chi connectivity index (χ1v) is 15.2. The molecule has 2 fully saturated rings. The lowest BCUT2D eigenvalue weighted by Gasteiger charge is -2.33. The summed E-state index contributed by atoms with van der Waals surface area (Å²) in [6.45, 7) is 3.09. The van der Waals surface area contributed by atoms with Crippen LogP contribution >= 0.6 is 0 Å². The highest BCUT2D eigenvalue weighted by molar-refractivity contribution is 5.96. The van der Waals surface area contributed by atoms with Gasteiger partial charge in [-0.3, -0.25) is 14.5 Å². The first-order valence-electron chi connectivity index (χ1n) is 15.2. The Morgan fingerprint density at radius 1 is 0.878 bits per heavy atom. The molecular weight excluding hydrogens is 512 g/mol. The van der Waals surface area contributed by atoms with Crippen LogP contribution < -0.4 is 10.2 Å². The van der Waals surface area contributed by atoms with E-state index in [0.717, 1.165) is 61.3 Å². The van der Waals surface area contributed by atoms with E-state index in [2.05, 4.69) is 10.2 Å². The third kappa shape index (κ3) is 7.59. The summed E-state index contributed by atoms with van der Waals surface area (Å²) in [4.78, 5) is 34.5. The van der Waals surface area contributed by atoms with Crippen LogP contribution in [0, 0.1) is 0 Å². The zero-order valence-corrected chi connectivity index (χ0v) is 24.6. The minimum atomic E-state index is -0.795. The number of amides is 2. The predicted molar refractivity (Wildman–Crippen MR) is 163 cm³/mol. The second kappa shape index (κ2) is 13.9. The van der Waals surface area contributed by atoms with Gasteiger partial charge in [0.2, 0.25) is 5.91 Å². The van der Waals surface area contributed by atoms with Crippen molar-refractivity contribution in [2.75, 3.05) is 32.1 Å². The Hall–Kier alpha value is -3.58. The summed E-state index contributed by atoms with van der Waals surface area (Å²) >= 11 is 0. The molecule has 218 valence electrons. The fourth-order valence-electron chi connectivity index (χ4n) is 6.07. The van der Waals surface area contributed by atoms with Gasteiger partial charge >= 0.3 is 0 Å². The molecule has 2 amide bonds. The van der Waals surface area contributed by atoms with E-state index in [1.54, 1.807) is 11.0 Å². The number of hydrogen-bond donors (Lipinski definition) is 1. The maximum Gasteiger partial charge on any atom is 0.290 e. The lowest BCUT2D eigenvalue weighted by atomic mass is 9.94. The van der Waals surface area contributed by atoms with Crippen molar-refractivity contribution in [1.29, 1.82) is 0 Å². The zero-order chi connectivity index (χ0) is 28.6. The lowest BCUT2D eigenvalue weighted by molar-refractivity contribution is -0.127. The fraction of sp³-hybridized carbons (Fsp3) is 0.471. The molecule has 0 radical (unpaired) electrons. The molecule has 0 bridgehead atoms. The molecule has 1 unspecified atom stereocenters. The minimum Gasteiger partial charge on any atom is -0.455 e. The summed E-state index contributed by atoms with van der Waals surface area (Å²) in [7, 11) is 3.98. The predicted octanol–water partition coefficient (Wildman–Crippen LogP) is 6.16. The smallest absolute Gasteiger partial charge is 0.290 e. The van der Waals surface area contributed by atoms with Gasteiger partial charge < -0.3 is 19.5 Å². The Morgan fingerprint density at radius 2 is 1.56 bits per heavy atom. The molecule has 7 heteroatoms. The van der Waals surface area contributed by atoms with Gasteiger partial charge in [0.25, 0.3) is 5.91 Å². The van der Waals surface area contributed by atoms with Gasteiger partial charge in [-0.1, -0.05) is 68.1 Å². The van der Waals surface area contributed by atoms with Gasteiger partial charge in [-0.25, -0.2) is 0 Å². The van der Waals surface area contributed by atoms with Crippen molar-refractivity contribution in [3.63, 3.8) is 0 Å². The summed E-state index contributed by atoms with van der Waals surface area (Å²) in [6.07, 6.45) is 9.05. The Kier molecular flexibility index (Phi) is 9.78. The Morgan fingerprint density at radius 3 is 2.24 bits per heavy atom. The highest BCUT2D eigenvalue weighted by atomic mass is 16.4. The van der Waals surface area contributed by atoms with Crippen LogP contribution in [-0.4, -0.2) is 54.8 Å². The SMILES string of the molecule is CN(C)c1ccc(C(C(=O)NC2CCCCC2)N(Cc2ccccc2)C(=O)c2ccc(CN3CCCCC3)o2)cc1. The molecule has 1 atom stereocenters. The van der Waals surface area contributed by atoms with Crippen LogP contribution in [0.1, 0.15) is 84.9 Å². The molecule has 1 aliphatic carbocycles. The summed E-state index contributed by atoms with van der Waals surface area (Å²) in [5.74, 6) is 0.639. The van der Waals surface area contributed by atoms with Crippen LogP contribution in [0.5, 0.6) is 0 Å². The van der Waals surface area contributed by atoms with E-state index in [-0.39, 0.29) is 23.6 Å². The fourth-order valence-corrected chi connectivity index (χ4v) is 6.07. The molecule has 1 saturated carbocycles. The number of anilines is 1. The van der Waals surface area contributed by atoms with E-state index < -0.39 is 6.04 Å². The Balaban J connectivity index is 1.47. The summed E-state index contributed by atoms with van der Waals surface area (Å²) in [5.41, 5.74) is 2.78. The van der Waals surface area contributed by atoms with E-state index in [0.29, 0.717) is 13.1 Å². The van der Waals surface area contributed by atoms with Crippen LogP contribution in [0.15, 0.2) is 71.1 Å². The van der Waals surface area contributed by atoms with Crippen molar-refractivity contribution in [1.82, 2.24) is 15.1 Å². The Labute approximate surface area is 244 Å². The largest absolute Gasteiger partial charge is 0.455 e. The topological polar surface area (TPSA) is 69.0 Å². The number of nitrogens with zero attached hydrogens (tertiary/aromatic N) is 3. The average Bonchev–Trinajstić information content (AvgIpc) is 3.46. The first-order chi connectivity index (χ1) is 20.0. The minimum absolute atomic E-state index is 0.133. The van der Waals surface area contributed by atoms with Crippen molar-refractivity contribution in [3.8, 4) is 0 Å². The number of furan rings is 1. The summed E-state index contributed by atoms with van der Waals surface area (Å²) in [5, 5.41) is 3.31. The molecule has 2 heterocycles. The van der Waals surface area contributed by atoms with Crippen molar-refractivity contribution >= 4 is 17.5 Å². The van der Waals surface area contributed by atoms with Crippen molar-refractivity contribution in [3.05, 3.63) is 89.4 Å². The number of piperidine rings is 1. The van der Waals surface area contributed by atoms with Crippen LogP contribution in [0.4, 0.5) is 5.69 Å². The van der Waals surface area contributed by atoms with Crippen LogP contribution in [-0.2, 0) is 17.9 Å². The van der Waals surface area contributed by atoms with Gasteiger partial charge in [-0.15, -0.1) is 0 Å². The van der Waals surface area contributed by atoms with E-state index >= 15 is 0 Å². The first kappa shape index (κ1) is 28.9. The molecule has 1 aromatic heterocycles. The van der Waals surface area contributed by atoms with Gasteiger partial charge in [-0.2, -0.15) is 0 Å². The quantitative estimate of drug-likeness (QED) is 0.324. The normalized spacial score (nSPS) is 17.1. The molecule has 3 aromatic rings. The molecule has 2 aliphatic rings. The average molecular weight is 557 g/mol. The van der Waals surface area contributed by atoms with E-state index in [1.807, 2.05) is 79.7 Å². The van der Waals surface area contributed by atoms with Crippen LogP contribution in [0.3, 0.4) is 0 Å². The summed E-state index contributed by atoms with van der Waals surface area (Å²) in [6, 6.07) is 20.8. The second-order valence-electron chi connectivity index (χ2n) is 11.8. The number of carbonyl (C=O) groups is 2. The molecule has 0 spiro atoms. The van der Waals surface area contributed by atoms with Crippen LogP contribution in [0.2, 0.25) is 0 Å². The number of nitrogens with one attached hydrogen (secondary N) is 1. The molecule has 1 aliphatic heterocycles. The maximum absolute atomic E-state index is 14.3. The monoisotopic (exact) mass is 556 g/mol. The Bertz CT molecular complexity index is 1260. The molecule has 41 heavy (non-hydrogen) atoms. The second-order valence-corrected chi connectivity index (χ2v) is 11.8. The number of carbonyl (C=O) groups excluding carboxylic acids is 2. The van der Waals surface area contributed by atoms with Gasteiger partial charge in [0, 0.05) is 32.4 Å². The summed E-state index contributed by atoms with van der Waals surface area (Å²) < 4.78 is 6.16. The molecule has 2 aromatic carbocycles. The molecule has 7 nitrogen and oxygen atoms in total. The zero-order valence-electron chi connectivity index (χ0n) is 24.6. The number of benzene rings is 2. The number of rotatable bonds is 10. The standard InChI is InChI=1S/C34H44N4O3/c1-36(2)29-18-16-27(17-19-29)32(33(39)35-28-14-8-4-9-15-28)38(24-26-12-6-3-7-13-26)34(40)31-21-20-30(41-31)25-37-22-10-5-11-23-37/h3,6-7,12-13,16-21,28,32H,4-5,8-11,14-15,22-25H2,1-2H3,(H,35,39). The molecular formula is C34H44N4O3. The third-order valence-electron chi connectivity index (χ3n) is 8.39. The van der Waals surface area contributed by atoms with Gasteiger partial charge in [0.15, 0.2) is 5.76 Å². The third-order valence-corrected chi connectivity index (χ3v) is 8.39. The van der Waals surface area contributed by atoms with E-state index in [9.17, 15) is 9.59 Å². The number of hydrogen-bond acceptors (Lipinski definition) is 5. The lowest BCUT2D eigenvalue weighted by Crippen LogP contribution is -2.46. The van der Waals surface area contributed by atoms with Crippen molar-refractivity contribution in [2.45, 2.75) is 76.5 Å². The maximum atomic E-state index is 14.3. The number of likely N-dealkylation sites (tertiary alicyclic amines) is 1. The molecule has 1 saturated heterocycles. The molecule has 5 rings (SSSR count).